The third-order valence-corrected chi connectivity index (χ3v) is 6.64. The number of carbonyl (C=O) groups excluding carboxylic acids is 2. The number of likely N-dealkylation sites (tertiary alicyclic amines) is 1. The lowest BCUT2D eigenvalue weighted by molar-refractivity contribution is -0.131. The Balaban J connectivity index is 1.33. The van der Waals surface area contributed by atoms with E-state index in [1.807, 2.05) is 58.1 Å². The number of carbonyl (C=O) groups is 2. The number of amides is 2. The standard InChI is InChI=1S/C28H28N4O4/c29-15-21(28(34)30-16-20-9-10-25-26(13-20)36-19-35-25)14-22-17-32(24-8-4-3-7-23(22)24)18-27(33)31-11-5-1-2-6-12-31/h3-4,7-10,13-14,17H,1-2,5-6,11-12,16,18-19H2,(H,30,34)/b21-14+. The van der Waals surface area contributed by atoms with Crippen LogP contribution in [0.2, 0.25) is 0 Å². The first-order chi connectivity index (χ1) is 17.6. The monoisotopic (exact) mass is 484 g/mol. The quantitative estimate of drug-likeness (QED) is 0.422. The number of hydrogen-bond acceptors (Lipinski definition) is 5. The van der Waals surface area contributed by atoms with Crippen molar-refractivity contribution in [2.45, 2.75) is 38.8 Å². The molecular formula is C28H28N4O4. The summed E-state index contributed by atoms with van der Waals surface area (Å²) in [6.45, 7) is 2.26. The third-order valence-electron chi connectivity index (χ3n) is 6.64. The molecule has 5 rings (SSSR count). The molecule has 2 aliphatic heterocycles. The summed E-state index contributed by atoms with van der Waals surface area (Å²) in [5.41, 5.74) is 2.46. The number of nitrogens with zero attached hydrogens (tertiary/aromatic N) is 3. The van der Waals surface area contributed by atoms with Crippen molar-refractivity contribution in [1.29, 1.82) is 5.26 Å². The summed E-state index contributed by atoms with van der Waals surface area (Å²) in [6, 6.07) is 15.2. The Hall–Kier alpha value is -4.25. The van der Waals surface area contributed by atoms with E-state index in [1.165, 1.54) is 12.8 Å². The second kappa shape index (κ2) is 10.6. The van der Waals surface area contributed by atoms with E-state index in [-0.39, 0.29) is 31.4 Å². The molecule has 0 spiro atoms. The highest BCUT2D eigenvalue weighted by Gasteiger charge is 2.19. The maximum atomic E-state index is 13.0. The average Bonchev–Trinajstić information content (AvgIpc) is 3.39. The molecular weight excluding hydrogens is 456 g/mol. The van der Waals surface area contributed by atoms with Crippen molar-refractivity contribution in [3.05, 3.63) is 65.4 Å². The number of ether oxygens (including phenoxy) is 2. The Morgan fingerprint density at radius 1 is 1.03 bits per heavy atom. The molecule has 2 aromatic carbocycles. The van der Waals surface area contributed by atoms with Crippen molar-refractivity contribution in [2.75, 3.05) is 19.9 Å². The van der Waals surface area contributed by atoms with Gasteiger partial charge in [-0.1, -0.05) is 37.1 Å². The van der Waals surface area contributed by atoms with E-state index in [0.717, 1.165) is 48.0 Å². The van der Waals surface area contributed by atoms with Crippen LogP contribution in [0.15, 0.2) is 54.2 Å². The van der Waals surface area contributed by atoms with Crippen molar-refractivity contribution in [3.63, 3.8) is 0 Å². The summed E-state index contributed by atoms with van der Waals surface area (Å²) in [5.74, 6) is 0.941. The average molecular weight is 485 g/mol. The first kappa shape index (κ1) is 23.5. The Morgan fingerprint density at radius 2 is 1.81 bits per heavy atom. The molecule has 0 atom stereocenters. The van der Waals surface area contributed by atoms with Crippen molar-refractivity contribution in [1.82, 2.24) is 14.8 Å². The zero-order valence-electron chi connectivity index (χ0n) is 20.0. The summed E-state index contributed by atoms with van der Waals surface area (Å²) in [7, 11) is 0. The van der Waals surface area contributed by atoms with Crippen molar-refractivity contribution in [2.24, 2.45) is 0 Å². The van der Waals surface area contributed by atoms with E-state index < -0.39 is 5.91 Å². The highest BCUT2D eigenvalue weighted by atomic mass is 16.7. The molecule has 184 valence electrons. The van der Waals surface area contributed by atoms with Gasteiger partial charge in [-0.2, -0.15) is 5.26 Å². The number of aromatic nitrogens is 1. The molecule has 0 unspecified atom stereocenters. The number of nitriles is 1. The van der Waals surface area contributed by atoms with Gasteiger partial charge in [0.1, 0.15) is 18.2 Å². The van der Waals surface area contributed by atoms with Gasteiger partial charge in [-0.25, -0.2) is 0 Å². The van der Waals surface area contributed by atoms with E-state index in [9.17, 15) is 14.9 Å². The predicted molar refractivity (Wildman–Crippen MR) is 135 cm³/mol. The SMILES string of the molecule is N#C/C(=C\c1cn(CC(=O)N2CCCCCC2)c2ccccc12)C(=O)NCc1ccc2c(c1)OCO2. The fraction of sp³-hybridized carbons (Fsp3) is 0.321. The van der Waals surface area contributed by atoms with Gasteiger partial charge < -0.3 is 24.3 Å². The number of rotatable bonds is 6. The molecule has 36 heavy (non-hydrogen) atoms. The van der Waals surface area contributed by atoms with Gasteiger partial charge in [0.05, 0.1) is 0 Å². The molecule has 0 bridgehead atoms. The molecule has 0 saturated carbocycles. The molecule has 3 heterocycles. The first-order valence-corrected chi connectivity index (χ1v) is 12.3. The summed E-state index contributed by atoms with van der Waals surface area (Å²) in [5, 5.41) is 13.4. The van der Waals surface area contributed by atoms with Gasteiger partial charge in [-0.15, -0.1) is 0 Å². The second-order valence-corrected chi connectivity index (χ2v) is 9.06. The van der Waals surface area contributed by atoms with Crippen LogP contribution in [0, 0.1) is 11.3 Å². The van der Waals surface area contributed by atoms with Gasteiger partial charge in [0.25, 0.3) is 5.91 Å². The number of fused-ring (bicyclic) bond motifs is 2. The smallest absolute Gasteiger partial charge is 0.262 e. The molecule has 8 nitrogen and oxygen atoms in total. The normalized spacial score (nSPS) is 15.4. The van der Waals surface area contributed by atoms with Crippen LogP contribution >= 0.6 is 0 Å². The molecule has 0 aliphatic carbocycles. The van der Waals surface area contributed by atoms with Crippen LogP contribution in [0.1, 0.15) is 36.8 Å². The van der Waals surface area contributed by atoms with Gasteiger partial charge >= 0.3 is 0 Å². The van der Waals surface area contributed by atoms with Crippen LogP contribution in [-0.4, -0.2) is 41.2 Å². The number of para-hydroxylation sites is 1. The molecule has 3 aromatic rings. The van der Waals surface area contributed by atoms with E-state index in [0.29, 0.717) is 11.5 Å². The van der Waals surface area contributed by atoms with Crippen molar-refractivity contribution in [3.8, 4) is 17.6 Å². The molecule has 1 N–H and O–H groups in total. The molecule has 2 aliphatic rings. The fourth-order valence-corrected chi connectivity index (χ4v) is 4.72. The molecule has 1 saturated heterocycles. The van der Waals surface area contributed by atoms with Crippen LogP contribution in [0.3, 0.4) is 0 Å². The number of benzene rings is 2. The van der Waals surface area contributed by atoms with Gasteiger partial charge in [0.2, 0.25) is 12.7 Å². The minimum Gasteiger partial charge on any atom is -0.454 e. The van der Waals surface area contributed by atoms with Crippen LogP contribution < -0.4 is 14.8 Å². The lowest BCUT2D eigenvalue weighted by atomic mass is 10.1. The fourth-order valence-electron chi connectivity index (χ4n) is 4.72. The molecule has 0 radical (unpaired) electrons. The van der Waals surface area contributed by atoms with Crippen LogP contribution in [0.25, 0.3) is 17.0 Å². The van der Waals surface area contributed by atoms with Gasteiger partial charge in [-0.05, 0) is 42.7 Å². The lowest BCUT2D eigenvalue weighted by Gasteiger charge is -2.20. The highest BCUT2D eigenvalue weighted by Crippen LogP contribution is 2.32. The summed E-state index contributed by atoms with van der Waals surface area (Å²) >= 11 is 0. The minimum atomic E-state index is -0.465. The van der Waals surface area contributed by atoms with E-state index in [1.54, 1.807) is 12.1 Å². The van der Waals surface area contributed by atoms with Gasteiger partial charge in [0.15, 0.2) is 11.5 Å². The van der Waals surface area contributed by atoms with Gasteiger partial charge in [-0.3, -0.25) is 9.59 Å². The zero-order chi connectivity index (χ0) is 24.9. The zero-order valence-corrected chi connectivity index (χ0v) is 20.0. The molecule has 1 aromatic heterocycles. The summed E-state index contributed by atoms with van der Waals surface area (Å²) in [4.78, 5) is 27.8. The van der Waals surface area contributed by atoms with Crippen molar-refractivity contribution >= 4 is 28.8 Å². The Labute approximate surface area is 209 Å². The Bertz CT molecular complexity index is 1360. The highest BCUT2D eigenvalue weighted by molar-refractivity contribution is 6.04. The Kier molecular flexibility index (Phi) is 6.89. The van der Waals surface area contributed by atoms with Crippen LogP contribution in [-0.2, 0) is 22.7 Å². The number of hydrogen-bond donors (Lipinski definition) is 1. The van der Waals surface area contributed by atoms with Crippen molar-refractivity contribution < 1.29 is 19.1 Å². The maximum absolute atomic E-state index is 13.0. The molecule has 1 fully saturated rings. The largest absolute Gasteiger partial charge is 0.454 e. The number of nitrogens with one attached hydrogen (secondary N) is 1. The summed E-state index contributed by atoms with van der Waals surface area (Å²) < 4.78 is 12.6. The van der Waals surface area contributed by atoms with E-state index in [2.05, 4.69) is 5.32 Å². The second-order valence-electron chi connectivity index (χ2n) is 9.06. The van der Waals surface area contributed by atoms with E-state index >= 15 is 0 Å². The van der Waals surface area contributed by atoms with Crippen LogP contribution in [0.4, 0.5) is 0 Å². The molecule has 8 heteroatoms. The molecule has 2 amide bonds. The predicted octanol–water partition coefficient (Wildman–Crippen LogP) is 4.00. The van der Waals surface area contributed by atoms with E-state index in [4.69, 9.17) is 9.47 Å². The topological polar surface area (TPSA) is 96.6 Å². The maximum Gasteiger partial charge on any atom is 0.262 e. The van der Waals surface area contributed by atoms with Gasteiger partial charge in [0, 0.05) is 42.3 Å². The minimum absolute atomic E-state index is 0.00232. The lowest BCUT2D eigenvalue weighted by Crippen LogP contribution is -2.34. The van der Waals surface area contributed by atoms with Crippen LogP contribution in [0.5, 0.6) is 11.5 Å². The third kappa shape index (κ3) is 5.05. The summed E-state index contributed by atoms with van der Waals surface area (Å²) in [6.07, 6.45) is 7.85. The first-order valence-electron chi connectivity index (χ1n) is 12.3. The Morgan fingerprint density at radius 3 is 2.61 bits per heavy atom.